The summed E-state index contributed by atoms with van der Waals surface area (Å²) in [6.07, 6.45) is -4.17. The van der Waals surface area contributed by atoms with Crippen molar-refractivity contribution < 1.29 is 32.3 Å². The molecule has 198 valence electrons. The molecule has 0 aromatic heterocycles. The Balaban J connectivity index is 0.000000773. The summed E-state index contributed by atoms with van der Waals surface area (Å²) in [4.78, 5) is 36.9. The predicted octanol–water partition coefficient (Wildman–Crippen LogP) is 7.38. The van der Waals surface area contributed by atoms with Gasteiger partial charge in [-0.1, -0.05) is 44.0 Å². The lowest BCUT2D eigenvalue weighted by Gasteiger charge is -2.47. The minimum absolute atomic E-state index is 0.250. The Labute approximate surface area is 234 Å². The number of benzene rings is 3. The largest absolute Gasteiger partial charge is 0.416 e. The Bertz CT molecular complexity index is 1300. The number of carbonyl (C=O) groups excluding carboxylic acids is 4. The Kier molecular flexibility index (Phi) is 11.2. The van der Waals surface area contributed by atoms with Gasteiger partial charge in [0.05, 0.1) is 5.56 Å². The molecule has 3 aromatic rings. The van der Waals surface area contributed by atoms with E-state index in [4.69, 9.17) is 19.2 Å². The number of allylic oxidation sites excluding steroid dienone is 1. The molecule has 38 heavy (non-hydrogen) atoms. The molecule has 1 atom stereocenters. The Morgan fingerprint density at radius 1 is 0.737 bits per heavy atom. The van der Waals surface area contributed by atoms with Gasteiger partial charge in [0.2, 0.25) is 0 Å². The number of alkyl halides is 3. The lowest BCUT2D eigenvalue weighted by Crippen LogP contribution is -2.46. The van der Waals surface area contributed by atoms with Crippen LogP contribution in [0.4, 0.5) is 24.5 Å². The summed E-state index contributed by atoms with van der Waals surface area (Å²) in [7, 11) is 0. The van der Waals surface area contributed by atoms with E-state index in [9.17, 15) is 13.2 Å². The van der Waals surface area contributed by atoms with Crippen LogP contribution in [0.1, 0.15) is 31.1 Å². The SMILES string of the molecule is CC1=C(C)N(c2ccc(Br)cc2)C(c2ccc(C(F)(F)F)cc2)N(c2ccc(Br)cc2)C1.O=C=O.O=C=O. The second-order valence-corrected chi connectivity index (χ2v) is 9.81. The van der Waals surface area contributed by atoms with E-state index >= 15 is 0 Å². The summed E-state index contributed by atoms with van der Waals surface area (Å²) in [5.41, 5.74) is 4.38. The van der Waals surface area contributed by atoms with Crippen LogP contribution < -0.4 is 9.80 Å². The van der Waals surface area contributed by atoms with Crippen LogP contribution >= 0.6 is 31.9 Å². The van der Waals surface area contributed by atoms with Crippen LogP contribution in [-0.2, 0) is 25.4 Å². The molecule has 0 radical (unpaired) electrons. The minimum atomic E-state index is -4.37. The first-order valence-electron chi connectivity index (χ1n) is 10.9. The van der Waals surface area contributed by atoms with Gasteiger partial charge in [-0.05, 0) is 85.6 Å². The van der Waals surface area contributed by atoms with Gasteiger partial charge in [-0.25, -0.2) is 0 Å². The molecule has 0 bridgehead atoms. The fourth-order valence-corrected chi connectivity index (χ4v) is 4.49. The summed E-state index contributed by atoms with van der Waals surface area (Å²) in [6, 6.07) is 21.5. The Hall–Kier alpha value is -3.49. The summed E-state index contributed by atoms with van der Waals surface area (Å²) >= 11 is 6.97. The van der Waals surface area contributed by atoms with Crippen molar-refractivity contribution in [1.29, 1.82) is 0 Å². The van der Waals surface area contributed by atoms with Gasteiger partial charge in [0.15, 0.2) is 0 Å². The van der Waals surface area contributed by atoms with Crippen molar-refractivity contribution in [3.8, 4) is 0 Å². The fraction of sp³-hybridized carbons (Fsp3) is 0.185. The molecular weight excluding hydrogens is 633 g/mol. The normalized spacial score (nSPS) is 14.9. The molecule has 0 fully saturated rings. The number of hydrogen-bond donors (Lipinski definition) is 0. The Morgan fingerprint density at radius 2 is 1.16 bits per heavy atom. The molecule has 11 heteroatoms. The molecule has 1 unspecified atom stereocenters. The number of anilines is 2. The molecule has 1 aliphatic heterocycles. The smallest absolute Gasteiger partial charge is 0.343 e. The van der Waals surface area contributed by atoms with Gasteiger partial charge in [0.1, 0.15) is 6.17 Å². The van der Waals surface area contributed by atoms with Gasteiger partial charge in [-0.3, -0.25) is 0 Å². The maximum Gasteiger partial charge on any atom is 0.416 e. The van der Waals surface area contributed by atoms with Crippen LogP contribution in [0.3, 0.4) is 0 Å². The van der Waals surface area contributed by atoms with Crippen molar-refractivity contribution in [2.45, 2.75) is 26.2 Å². The second-order valence-electron chi connectivity index (χ2n) is 7.98. The van der Waals surface area contributed by atoms with E-state index in [1.165, 1.54) is 5.57 Å². The number of hydrogen-bond acceptors (Lipinski definition) is 6. The molecule has 0 N–H and O–H groups in total. The van der Waals surface area contributed by atoms with Crippen LogP contribution in [-0.4, -0.2) is 18.8 Å². The third-order valence-electron chi connectivity index (χ3n) is 5.73. The van der Waals surface area contributed by atoms with Crippen molar-refractivity contribution in [3.63, 3.8) is 0 Å². The van der Waals surface area contributed by atoms with Gasteiger partial charge in [-0.2, -0.15) is 32.3 Å². The maximum atomic E-state index is 13.2. The van der Waals surface area contributed by atoms with E-state index in [-0.39, 0.29) is 18.5 Å². The minimum Gasteiger partial charge on any atom is -0.343 e. The zero-order valence-electron chi connectivity index (χ0n) is 20.1. The van der Waals surface area contributed by atoms with Gasteiger partial charge in [0.25, 0.3) is 0 Å². The fourth-order valence-electron chi connectivity index (χ4n) is 3.96. The third kappa shape index (κ3) is 7.76. The summed E-state index contributed by atoms with van der Waals surface area (Å²) in [6.45, 7) is 4.83. The summed E-state index contributed by atoms with van der Waals surface area (Å²) in [5, 5.41) is 0. The quantitative estimate of drug-likeness (QED) is 0.294. The summed E-state index contributed by atoms with van der Waals surface area (Å²) in [5.74, 6) is 0. The lowest BCUT2D eigenvalue weighted by molar-refractivity contribution is -0.193. The van der Waals surface area contributed by atoms with Crippen LogP contribution in [0.15, 0.2) is 93.0 Å². The van der Waals surface area contributed by atoms with E-state index < -0.39 is 11.7 Å². The maximum absolute atomic E-state index is 13.2. The van der Waals surface area contributed by atoms with Gasteiger partial charge in [-0.15, -0.1) is 0 Å². The first-order valence-corrected chi connectivity index (χ1v) is 12.5. The highest BCUT2D eigenvalue weighted by Gasteiger charge is 2.35. The van der Waals surface area contributed by atoms with Crippen LogP contribution in [0.2, 0.25) is 0 Å². The van der Waals surface area contributed by atoms with E-state index in [2.05, 4.69) is 55.5 Å². The molecule has 6 nitrogen and oxygen atoms in total. The molecule has 0 aliphatic carbocycles. The van der Waals surface area contributed by atoms with Crippen molar-refractivity contribution in [1.82, 2.24) is 0 Å². The van der Waals surface area contributed by atoms with Crippen molar-refractivity contribution in [2.24, 2.45) is 0 Å². The number of halogens is 5. The highest BCUT2D eigenvalue weighted by molar-refractivity contribution is 9.10. The van der Waals surface area contributed by atoms with Crippen molar-refractivity contribution in [3.05, 3.63) is 104 Å². The first kappa shape index (κ1) is 30.7. The van der Waals surface area contributed by atoms with E-state index in [1.807, 2.05) is 48.5 Å². The topological polar surface area (TPSA) is 74.8 Å². The zero-order chi connectivity index (χ0) is 28.5. The van der Waals surface area contributed by atoms with Gasteiger partial charge in [0, 0.05) is 32.6 Å². The van der Waals surface area contributed by atoms with Crippen molar-refractivity contribution in [2.75, 3.05) is 16.3 Å². The van der Waals surface area contributed by atoms with Crippen molar-refractivity contribution >= 4 is 55.5 Å². The monoisotopic (exact) mass is 652 g/mol. The molecule has 1 heterocycles. The van der Waals surface area contributed by atoms with E-state index in [0.29, 0.717) is 6.54 Å². The molecule has 0 amide bonds. The lowest BCUT2D eigenvalue weighted by atomic mass is 10.00. The summed E-state index contributed by atoms with van der Waals surface area (Å²) < 4.78 is 41.5. The van der Waals surface area contributed by atoms with Crippen LogP contribution in [0, 0.1) is 0 Å². The first-order chi connectivity index (χ1) is 18.0. The molecule has 0 saturated heterocycles. The molecule has 1 aliphatic rings. The van der Waals surface area contributed by atoms with Crippen LogP contribution in [0.5, 0.6) is 0 Å². The standard InChI is InChI=1S/C25H21Br2F3N2.2CO2/c1-16-15-31(22-11-7-20(26)8-12-22)24(18-3-5-19(6-4-18)25(28,29)30)32(17(16)2)23-13-9-21(27)10-14-23;2*2-1-3/h3-14,24H,15H2,1-2H3;;. The highest BCUT2D eigenvalue weighted by Crippen LogP contribution is 2.42. The van der Waals surface area contributed by atoms with Crippen LogP contribution in [0.25, 0.3) is 0 Å². The van der Waals surface area contributed by atoms with Gasteiger partial charge >= 0.3 is 18.5 Å². The van der Waals surface area contributed by atoms with E-state index in [0.717, 1.165) is 43.7 Å². The molecule has 4 rings (SSSR count). The molecular formula is C27H21Br2F3N2O4. The predicted molar refractivity (Wildman–Crippen MR) is 141 cm³/mol. The third-order valence-corrected chi connectivity index (χ3v) is 6.78. The average molecular weight is 654 g/mol. The zero-order valence-corrected chi connectivity index (χ0v) is 23.3. The van der Waals surface area contributed by atoms with Gasteiger partial charge < -0.3 is 9.80 Å². The number of nitrogens with zero attached hydrogens (tertiary/aromatic N) is 2. The highest BCUT2D eigenvalue weighted by atomic mass is 79.9. The molecule has 3 aromatic carbocycles. The number of rotatable bonds is 3. The second kappa shape index (κ2) is 13.9. The van der Waals surface area contributed by atoms with E-state index in [1.54, 1.807) is 12.1 Å². The average Bonchev–Trinajstić information content (AvgIpc) is 2.87. The molecule has 0 saturated carbocycles. The molecule has 0 spiro atoms. The Morgan fingerprint density at radius 3 is 1.58 bits per heavy atom.